The monoisotopic (exact) mass is 306 g/mol. The average molecular weight is 306 g/mol. The lowest BCUT2D eigenvalue weighted by atomic mass is 9.98. The summed E-state index contributed by atoms with van der Waals surface area (Å²) in [6.45, 7) is 0.704. The summed E-state index contributed by atoms with van der Waals surface area (Å²) in [5, 5.41) is 9.97. The molecule has 1 heterocycles. The maximum atomic E-state index is 13.4. The maximum absolute atomic E-state index is 13.4. The van der Waals surface area contributed by atoms with Crippen molar-refractivity contribution in [3.63, 3.8) is 0 Å². The molecule has 2 unspecified atom stereocenters. The Morgan fingerprint density at radius 3 is 2.62 bits per heavy atom. The molecule has 118 valence electrons. The van der Waals surface area contributed by atoms with Crippen molar-refractivity contribution in [1.82, 2.24) is 0 Å². The first kappa shape index (κ1) is 16.2. The molecule has 21 heavy (non-hydrogen) atoms. The number of hydrogen-bond donors (Lipinski definition) is 1. The third-order valence-electron chi connectivity index (χ3n) is 3.72. The van der Waals surface area contributed by atoms with Crippen molar-refractivity contribution in [2.24, 2.45) is 0 Å². The summed E-state index contributed by atoms with van der Waals surface area (Å²) in [6.07, 6.45) is -1.63. The third kappa shape index (κ3) is 4.41. The van der Waals surface area contributed by atoms with Crippen molar-refractivity contribution < 1.29 is 27.4 Å². The van der Waals surface area contributed by atoms with Gasteiger partial charge in [-0.05, 0) is 49.8 Å². The van der Waals surface area contributed by atoms with E-state index in [1.807, 2.05) is 0 Å². The molecule has 0 aromatic heterocycles. The Kier molecular flexibility index (Phi) is 5.22. The van der Waals surface area contributed by atoms with Gasteiger partial charge in [-0.3, -0.25) is 0 Å². The molecule has 1 saturated heterocycles. The van der Waals surface area contributed by atoms with Crippen LogP contribution in [0.25, 0.3) is 0 Å². The van der Waals surface area contributed by atoms with Gasteiger partial charge in [0.25, 0.3) is 0 Å². The molecule has 1 N–H and O–H groups in total. The second kappa shape index (κ2) is 6.75. The van der Waals surface area contributed by atoms with E-state index in [4.69, 9.17) is 4.74 Å². The summed E-state index contributed by atoms with van der Waals surface area (Å²) in [5.41, 5.74) is -1.15. The van der Waals surface area contributed by atoms with Gasteiger partial charge in [0, 0.05) is 6.61 Å². The number of aliphatic hydroxyl groups excluding tert-OH is 1. The van der Waals surface area contributed by atoms with Crippen LogP contribution in [-0.2, 0) is 10.9 Å². The second-order valence-electron chi connectivity index (χ2n) is 5.32. The topological polar surface area (TPSA) is 29.5 Å². The number of aliphatic hydroxyl groups is 1. The summed E-state index contributed by atoms with van der Waals surface area (Å²) in [5.74, 6) is -1.35. The SMILES string of the molecule is OC(CCC1CCCCO1)c1ccc(C(F)(F)F)c(F)c1. The predicted octanol–water partition coefficient (Wildman–Crippen LogP) is 4.23. The minimum Gasteiger partial charge on any atom is -0.388 e. The quantitative estimate of drug-likeness (QED) is 0.844. The lowest BCUT2D eigenvalue weighted by molar-refractivity contribution is -0.140. The Morgan fingerprint density at radius 1 is 1.29 bits per heavy atom. The predicted molar refractivity (Wildman–Crippen MR) is 69.2 cm³/mol. The Hall–Kier alpha value is -1.14. The van der Waals surface area contributed by atoms with E-state index in [9.17, 15) is 22.7 Å². The molecule has 1 aliphatic rings. The molecule has 6 heteroatoms. The first-order chi connectivity index (χ1) is 9.88. The maximum Gasteiger partial charge on any atom is 0.419 e. The molecule has 0 aliphatic carbocycles. The molecule has 1 aromatic carbocycles. The van der Waals surface area contributed by atoms with Gasteiger partial charge in [0.1, 0.15) is 5.82 Å². The molecule has 0 radical (unpaired) electrons. The van der Waals surface area contributed by atoms with Crippen molar-refractivity contribution in [2.75, 3.05) is 6.61 Å². The molecule has 1 aliphatic heterocycles. The van der Waals surface area contributed by atoms with Crippen LogP contribution in [0.2, 0.25) is 0 Å². The van der Waals surface area contributed by atoms with Crippen LogP contribution in [0.3, 0.4) is 0 Å². The highest BCUT2D eigenvalue weighted by Gasteiger charge is 2.34. The van der Waals surface area contributed by atoms with Gasteiger partial charge in [-0.15, -0.1) is 0 Å². The fourth-order valence-corrected chi connectivity index (χ4v) is 2.51. The lowest BCUT2D eigenvalue weighted by Crippen LogP contribution is -2.19. The van der Waals surface area contributed by atoms with Crippen molar-refractivity contribution >= 4 is 0 Å². The van der Waals surface area contributed by atoms with Gasteiger partial charge in [0.05, 0.1) is 17.8 Å². The molecule has 0 bridgehead atoms. The van der Waals surface area contributed by atoms with E-state index in [2.05, 4.69) is 0 Å². The summed E-state index contributed by atoms with van der Waals surface area (Å²) in [4.78, 5) is 0. The zero-order valence-corrected chi connectivity index (χ0v) is 11.5. The number of alkyl halides is 3. The van der Waals surface area contributed by atoms with Crippen LogP contribution in [-0.4, -0.2) is 17.8 Å². The molecular weight excluding hydrogens is 288 g/mol. The van der Waals surface area contributed by atoms with E-state index in [1.165, 1.54) is 0 Å². The number of benzene rings is 1. The van der Waals surface area contributed by atoms with E-state index in [1.54, 1.807) is 0 Å². The Morgan fingerprint density at radius 2 is 2.05 bits per heavy atom. The first-order valence-electron chi connectivity index (χ1n) is 7.04. The first-order valence-corrected chi connectivity index (χ1v) is 7.04. The Balaban J connectivity index is 1.96. The van der Waals surface area contributed by atoms with Crippen LogP contribution in [0.4, 0.5) is 17.6 Å². The van der Waals surface area contributed by atoms with E-state index in [0.29, 0.717) is 25.5 Å². The molecule has 1 aromatic rings. The number of rotatable bonds is 4. The molecule has 2 atom stereocenters. The van der Waals surface area contributed by atoms with E-state index < -0.39 is 23.7 Å². The lowest BCUT2D eigenvalue weighted by Gasteiger charge is -2.23. The van der Waals surface area contributed by atoms with Crippen molar-refractivity contribution in [1.29, 1.82) is 0 Å². The van der Waals surface area contributed by atoms with Gasteiger partial charge in [-0.2, -0.15) is 13.2 Å². The highest BCUT2D eigenvalue weighted by Crippen LogP contribution is 2.33. The van der Waals surface area contributed by atoms with E-state index in [0.717, 1.165) is 31.4 Å². The van der Waals surface area contributed by atoms with Gasteiger partial charge in [0.15, 0.2) is 0 Å². The zero-order chi connectivity index (χ0) is 15.5. The van der Waals surface area contributed by atoms with Crippen LogP contribution in [0.15, 0.2) is 18.2 Å². The molecule has 2 nitrogen and oxygen atoms in total. The van der Waals surface area contributed by atoms with Crippen LogP contribution in [0.1, 0.15) is 49.3 Å². The van der Waals surface area contributed by atoms with Gasteiger partial charge in [0.2, 0.25) is 0 Å². The van der Waals surface area contributed by atoms with Gasteiger partial charge in [-0.25, -0.2) is 4.39 Å². The molecule has 0 saturated carbocycles. The highest BCUT2D eigenvalue weighted by molar-refractivity contribution is 5.27. The summed E-state index contributed by atoms with van der Waals surface area (Å²) < 4.78 is 56.3. The smallest absolute Gasteiger partial charge is 0.388 e. The molecule has 2 rings (SSSR count). The second-order valence-corrected chi connectivity index (χ2v) is 5.32. The largest absolute Gasteiger partial charge is 0.419 e. The highest BCUT2D eigenvalue weighted by atomic mass is 19.4. The average Bonchev–Trinajstić information content (AvgIpc) is 2.44. The van der Waals surface area contributed by atoms with Gasteiger partial charge in [-0.1, -0.05) is 6.07 Å². The van der Waals surface area contributed by atoms with Gasteiger partial charge < -0.3 is 9.84 Å². The summed E-state index contributed by atoms with van der Waals surface area (Å²) in [6, 6.07) is 2.55. The standard InChI is InChI=1S/C15H18F4O2/c16-13-9-10(4-6-12(13)15(17,18)19)14(20)7-5-11-3-1-2-8-21-11/h4,6,9,11,14,20H,1-3,5,7-8H2. The summed E-state index contributed by atoms with van der Waals surface area (Å²) >= 11 is 0. The molecule has 0 spiro atoms. The number of halogens is 4. The van der Waals surface area contributed by atoms with Crippen LogP contribution < -0.4 is 0 Å². The molecular formula is C15H18F4O2. The minimum atomic E-state index is -4.72. The van der Waals surface area contributed by atoms with Crippen molar-refractivity contribution in [2.45, 2.75) is 50.5 Å². The van der Waals surface area contributed by atoms with E-state index >= 15 is 0 Å². The third-order valence-corrected chi connectivity index (χ3v) is 3.72. The van der Waals surface area contributed by atoms with Crippen molar-refractivity contribution in [3.05, 3.63) is 35.1 Å². The molecule has 0 amide bonds. The van der Waals surface area contributed by atoms with E-state index in [-0.39, 0.29) is 11.7 Å². The van der Waals surface area contributed by atoms with Crippen LogP contribution in [0.5, 0.6) is 0 Å². The van der Waals surface area contributed by atoms with Crippen molar-refractivity contribution in [3.8, 4) is 0 Å². The number of ether oxygens (including phenoxy) is 1. The zero-order valence-electron chi connectivity index (χ0n) is 11.5. The van der Waals surface area contributed by atoms with Gasteiger partial charge >= 0.3 is 6.18 Å². The number of hydrogen-bond acceptors (Lipinski definition) is 2. The Labute approximate surface area is 120 Å². The fourth-order valence-electron chi connectivity index (χ4n) is 2.51. The van der Waals surface area contributed by atoms with Crippen LogP contribution in [0, 0.1) is 5.82 Å². The Bertz CT molecular complexity index is 467. The normalized spacial score (nSPS) is 21.3. The fraction of sp³-hybridized carbons (Fsp3) is 0.600. The summed E-state index contributed by atoms with van der Waals surface area (Å²) in [7, 11) is 0. The minimum absolute atomic E-state index is 0.0766. The van der Waals surface area contributed by atoms with Crippen LogP contribution >= 0.6 is 0 Å². The molecule has 1 fully saturated rings.